The lowest BCUT2D eigenvalue weighted by molar-refractivity contribution is 0.669. The molecule has 0 aliphatic heterocycles. The number of anilines is 3. The molecule has 0 bridgehead atoms. The third-order valence-electron chi connectivity index (χ3n) is 11.1. The summed E-state index contributed by atoms with van der Waals surface area (Å²) in [6.07, 6.45) is 0. The number of para-hydroxylation sites is 2. The second-order valence-electron chi connectivity index (χ2n) is 14.4. The third-order valence-corrected chi connectivity index (χ3v) is 12.2. The summed E-state index contributed by atoms with van der Waals surface area (Å²) >= 11 is 1.86. The van der Waals surface area contributed by atoms with Gasteiger partial charge in [0.2, 0.25) is 0 Å². The predicted molar refractivity (Wildman–Crippen MR) is 243 cm³/mol. The van der Waals surface area contributed by atoms with Crippen molar-refractivity contribution in [3.8, 4) is 44.5 Å². The van der Waals surface area contributed by atoms with Crippen LogP contribution < -0.4 is 4.90 Å². The van der Waals surface area contributed by atoms with E-state index >= 15 is 0 Å². The van der Waals surface area contributed by atoms with Crippen molar-refractivity contribution in [1.29, 1.82) is 0 Å². The summed E-state index contributed by atoms with van der Waals surface area (Å²) in [7, 11) is 0. The van der Waals surface area contributed by atoms with Crippen LogP contribution in [0.15, 0.2) is 217 Å². The molecule has 0 aliphatic carbocycles. The minimum absolute atomic E-state index is 0.852. The van der Waals surface area contributed by atoms with E-state index in [9.17, 15) is 0 Å². The summed E-state index contributed by atoms with van der Waals surface area (Å²) < 4.78 is 9.40. The van der Waals surface area contributed by atoms with Gasteiger partial charge in [0.25, 0.3) is 0 Å². The lowest BCUT2D eigenvalue weighted by Crippen LogP contribution is -2.12. The molecule has 268 valence electrons. The molecule has 0 radical (unpaired) electrons. The summed E-state index contributed by atoms with van der Waals surface area (Å²) in [5, 5.41) is 4.81. The fourth-order valence-electron chi connectivity index (χ4n) is 8.56. The highest BCUT2D eigenvalue weighted by Gasteiger charge is 2.25. The molecule has 0 fully saturated rings. The Labute approximate surface area is 335 Å². The van der Waals surface area contributed by atoms with Gasteiger partial charge in [0.1, 0.15) is 5.58 Å². The molecule has 2 heterocycles. The third kappa shape index (κ3) is 5.63. The smallest absolute Gasteiger partial charge is 0.159 e. The Morgan fingerprint density at radius 2 is 0.895 bits per heavy atom. The molecule has 3 heteroatoms. The van der Waals surface area contributed by atoms with Gasteiger partial charge < -0.3 is 9.32 Å². The van der Waals surface area contributed by atoms with Crippen molar-refractivity contribution in [2.45, 2.75) is 0 Å². The van der Waals surface area contributed by atoms with E-state index in [1.54, 1.807) is 0 Å². The van der Waals surface area contributed by atoms with E-state index in [-0.39, 0.29) is 0 Å². The minimum Gasteiger partial charge on any atom is -0.454 e. The molecular formula is C54H35NOS. The first-order valence-electron chi connectivity index (χ1n) is 19.3. The molecule has 0 amide bonds. The number of benzene rings is 9. The quantitative estimate of drug-likeness (QED) is 0.162. The molecule has 0 spiro atoms. The summed E-state index contributed by atoms with van der Waals surface area (Å²) in [6.45, 7) is 0. The van der Waals surface area contributed by atoms with Crippen LogP contribution in [0.4, 0.5) is 17.1 Å². The zero-order valence-corrected chi connectivity index (χ0v) is 31.8. The maximum absolute atomic E-state index is 6.79. The van der Waals surface area contributed by atoms with Crippen LogP contribution in [0.1, 0.15) is 0 Å². The maximum atomic E-state index is 6.79. The van der Waals surface area contributed by atoms with E-state index in [2.05, 4.69) is 211 Å². The standard InChI is InChI=1S/C54H35NOS/c1-3-16-36(17-4-1)40-20-7-8-22-44(40)52-41(37-18-5-2-6-19-37)24-13-27-47(52)55(48-28-14-26-45-43-21-9-11-29-49(43)56-54(45)48)39-34-32-38(33-35-39)42-25-15-31-51-53(42)46-23-10-12-30-50(46)57-51/h1-35H. The minimum atomic E-state index is 0.852. The van der Waals surface area contributed by atoms with E-state index < -0.39 is 0 Å². The van der Waals surface area contributed by atoms with Gasteiger partial charge >= 0.3 is 0 Å². The zero-order chi connectivity index (χ0) is 37.7. The Kier molecular flexibility index (Phi) is 8.04. The SMILES string of the molecule is c1ccc(-c2ccccc2-c2c(-c3ccccc3)cccc2N(c2ccc(-c3cccc4sc5ccccc5c34)cc2)c2cccc3c2oc2ccccc23)cc1. The van der Waals surface area contributed by atoms with Gasteiger partial charge in [-0.1, -0.05) is 170 Å². The van der Waals surface area contributed by atoms with Crippen molar-refractivity contribution >= 4 is 70.5 Å². The second-order valence-corrected chi connectivity index (χ2v) is 15.5. The largest absolute Gasteiger partial charge is 0.454 e. The Bertz CT molecular complexity index is 3230. The predicted octanol–water partition coefficient (Wildman–Crippen LogP) is 16.1. The number of furan rings is 1. The van der Waals surface area contributed by atoms with Crippen molar-refractivity contribution in [3.63, 3.8) is 0 Å². The number of nitrogens with zero attached hydrogens (tertiary/aromatic N) is 1. The molecule has 11 aromatic rings. The average molecular weight is 746 g/mol. The van der Waals surface area contributed by atoms with Crippen LogP contribution in [-0.4, -0.2) is 0 Å². The van der Waals surface area contributed by atoms with Gasteiger partial charge in [-0.3, -0.25) is 0 Å². The molecule has 0 saturated heterocycles. The molecular weight excluding hydrogens is 711 g/mol. The number of hydrogen-bond acceptors (Lipinski definition) is 3. The first-order chi connectivity index (χ1) is 28.3. The molecule has 0 aliphatic rings. The van der Waals surface area contributed by atoms with Gasteiger partial charge in [0.15, 0.2) is 5.58 Å². The molecule has 0 unspecified atom stereocenters. The van der Waals surface area contributed by atoms with Crippen molar-refractivity contribution in [2.24, 2.45) is 0 Å². The Morgan fingerprint density at radius 3 is 1.70 bits per heavy atom. The van der Waals surface area contributed by atoms with Crippen molar-refractivity contribution in [2.75, 3.05) is 4.90 Å². The Morgan fingerprint density at radius 1 is 0.351 bits per heavy atom. The van der Waals surface area contributed by atoms with Gasteiger partial charge in [0.05, 0.1) is 11.4 Å². The van der Waals surface area contributed by atoms with Crippen LogP contribution in [0.2, 0.25) is 0 Å². The summed E-state index contributed by atoms with van der Waals surface area (Å²) in [6, 6.07) is 76.3. The molecule has 9 aromatic carbocycles. The number of hydrogen-bond donors (Lipinski definition) is 0. The molecule has 0 N–H and O–H groups in total. The topological polar surface area (TPSA) is 16.4 Å². The van der Waals surface area contributed by atoms with Gasteiger partial charge in [-0.25, -0.2) is 0 Å². The summed E-state index contributed by atoms with van der Waals surface area (Å²) in [5.74, 6) is 0. The summed E-state index contributed by atoms with van der Waals surface area (Å²) in [5.41, 5.74) is 14.2. The second kappa shape index (κ2) is 13.8. The lowest BCUT2D eigenvalue weighted by atomic mass is 9.87. The van der Waals surface area contributed by atoms with Crippen LogP contribution in [-0.2, 0) is 0 Å². The number of rotatable bonds is 7. The van der Waals surface area contributed by atoms with Crippen LogP contribution in [0.3, 0.4) is 0 Å². The highest BCUT2D eigenvalue weighted by molar-refractivity contribution is 7.25. The van der Waals surface area contributed by atoms with Crippen molar-refractivity contribution in [3.05, 3.63) is 212 Å². The van der Waals surface area contributed by atoms with Crippen LogP contribution in [0, 0.1) is 0 Å². The zero-order valence-electron chi connectivity index (χ0n) is 31.0. The normalized spacial score (nSPS) is 11.5. The van der Waals surface area contributed by atoms with Gasteiger partial charge in [-0.2, -0.15) is 0 Å². The molecule has 0 atom stereocenters. The fourth-order valence-corrected chi connectivity index (χ4v) is 9.69. The van der Waals surface area contributed by atoms with Crippen LogP contribution >= 0.6 is 11.3 Å². The first kappa shape index (κ1) is 33.2. The Balaban J connectivity index is 1.19. The van der Waals surface area contributed by atoms with Crippen LogP contribution in [0.5, 0.6) is 0 Å². The van der Waals surface area contributed by atoms with E-state index in [1.165, 1.54) is 42.4 Å². The average Bonchev–Trinajstić information content (AvgIpc) is 3.87. The maximum Gasteiger partial charge on any atom is 0.159 e. The van der Waals surface area contributed by atoms with E-state index in [0.717, 1.165) is 61.3 Å². The molecule has 0 saturated carbocycles. The highest BCUT2D eigenvalue weighted by atomic mass is 32.1. The molecule has 2 aromatic heterocycles. The molecule has 11 rings (SSSR count). The number of thiophene rings is 1. The fraction of sp³-hybridized carbons (Fsp3) is 0. The summed E-state index contributed by atoms with van der Waals surface area (Å²) in [4.78, 5) is 2.40. The van der Waals surface area contributed by atoms with Crippen molar-refractivity contribution in [1.82, 2.24) is 0 Å². The van der Waals surface area contributed by atoms with E-state index in [1.807, 2.05) is 17.4 Å². The monoisotopic (exact) mass is 745 g/mol. The molecule has 57 heavy (non-hydrogen) atoms. The van der Waals surface area contributed by atoms with E-state index in [0.29, 0.717) is 0 Å². The highest BCUT2D eigenvalue weighted by Crippen LogP contribution is 2.50. The van der Waals surface area contributed by atoms with Gasteiger partial charge in [-0.05, 0) is 81.4 Å². The van der Waals surface area contributed by atoms with Crippen LogP contribution in [0.25, 0.3) is 86.6 Å². The van der Waals surface area contributed by atoms with Gasteiger partial charge in [0, 0.05) is 42.2 Å². The van der Waals surface area contributed by atoms with Crippen molar-refractivity contribution < 1.29 is 4.42 Å². The van der Waals surface area contributed by atoms with E-state index in [4.69, 9.17) is 4.42 Å². The molecule has 2 nitrogen and oxygen atoms in total. The van der Waals surface area contributed by atoms with Gasteiger partial charge in [-0.15, -0.1) is 11.3 Å². The number of fused-ring (bicyclic) bond motifs is 6. The lowest BCUT2D eigenvalue weighted by Gasteiger charge is -2.30. The Hall–Kier alpha value is -7.20. The first-order valence-corrected chi connectivity index (χ1v) is 20.2.